The quantitative estimate of drug-likeness (QED) is 0.303. The zero-order valence-corrected chi connectivity index (χ0v) is 21.9. The lowest BCUT2D eigenvalue weighted by atomic mass is 9.75. The molecule has 1 saturated heterocycles. The van der Waals surface area contributed by atoms with Crippen molar-refractivity contribution >= 4 is 12.6 Å². The zero-order chi connectivity index (χ0) is 19.3. The van der Waals surface area contributed by atoms with Gasteiger partial charge in [0.05, 0.1) is 53.5 Å². The first-order valence-electron chi connectivity index (χ1n) is 9.18. The molecule has 0 unspecified atom stereocenters. The maximum Gasteiger partial charge on any atom is 0.495 e. The lowest BCUT2D eigenvalue weighted by molar-refractivity contribution is -0.884. The van der Waals surface area contributed by atoms with E-state index in [2.05, 4.69) is 88.2 Å². The molecule has 27 heavy (non-hydrogen) atoms. The van der Waals surface area contributed by atoms with E-state index in [1.807, 2.05) is 0 Å². The summed E-state index contributed by atoms with van der Waals surface area (Å²) in [5, 5.41) is 0. The van der Waals surface area contributed by atoms with Crippen LogP contribution in [-0.2, 0) is 22.4 Å². The molecule has 156 valence electrons. The molecule has 1 aliphatic heterocycles. The highest BCUT2D eigenvalue weighted by Gasteiger charge is 2.52. The molecule has 0 aromatic heterocycles. The van der Waals surface area contributed by atoms with Crippen LogP contribution in [0.1, 0.15) is 38.8 Å². The SMILES string of the molecule is CC1(C)OB(c2ccc(C[N+](C)(C)C)cc2C[N+](C)(C)C)OC1(C)C.[Br-].[Br-]. The van der Waals surface area contributed by atoms with Gasteiger partial charge in [0.1, 0.15) is 13.1 Å². The molecular weight excluding hydrogens is 471 g/mol. The monoisotopic (exact) mass is 506 g/mol. The molecule has 0 spiro atoms. The molecule has 0 N–H and O–H groups in total. The summed E-state index contributed by atoms with van der Waals surface area (Å²) in [7, 11) is 13.0. The van der Waals surface area contributed by atoms with Crippen molar-refractivity contribution in [3.63, 3.8) is 0 Å². The maximum atomic E-state index is 6.31. The molecule has 0 amide bonds. The predicted molar refractivity (Wildman–Crippen MR) is 106 cm³/mol. The number of rotatable bonds is 5. The van der Waals surface area contributed by atoms with Crippen LogP contribution in [0.15, 0.2) is 18.2 Å². The summed E-state index contributed by atoms with van der Waals surface area (Å²) >= 11 is 0. The van der Waals surface area contributed by atoms with Gasteiger partial charge in [-0.15, -0.1) is 0 Å². The van der Waals surface area contributed by atoms with Crippen LogP contribution < -0.4 is 39.4 Å². The number of quaternary nitrogens is 2. The third-order valence-corrected chi connectivity index (χ3v) is 5.02. The van der Waals surface area contributed by atoms with Crippen LogP contribution >= 0.6 is 0 Å². The number of hydrogen-bond acceptors (Lipinski definition) is 2. The van der Waals surface area contributed by atoms with Gasteiger partial charge in [-0.3, -0.25) is 0 Å². The van der Waals surface area contributed by atoms with Gasteiger partial charge in [0.25, 0.3) is 0 Å². The van der Waals surface area contributed by atoms with Gasteiger partial charge < -0.3 is 52.2 Å². The van der Waals surface area contributed by atoms with E-state index in [0.29, 0.717) is 0 Å². The first-order chi connectivity index (χ1) is 11.1. The first-order valence-corrected chi connectivity index (χ1v) is 9.18. The molecule has 1 fully saturated rings. The van der Waals surface area contributed by atoms with Crippen LogP contribution in [0.3, 0.4) is 0 Å². The minimum atomic E-state index is -0.313. The van der Waals surface area contributed by atoms with E-state index in [1.165, 1.54) is 11.1 Å². The molecule has 1 aromatic rings. The standard InChI is InChI=1S/C20H37BN2O2.2BrH/c1-19(2)20(3,4)25-21(24-19)18-12-11-16(14-22(5,6)7)13-17(18)15-23(8,9)10;;/h11-13H,14-15H2,1-10H3;2*1H/q+2;;/p-2. The topological polar surface area (TPSA) is 18.5 Å². The molecule has 0 aliphatic carbocycles. The molecule has 0 saturated carbocycles. The van der Waals surface area contributed by atoms with Crippen molar-refractivity contribution in [2.75, 3.05) is 42.3 Å². The van der Waals surface area contributed by atoms with Crippen LogP contribution in [0.25, 0.3) is 0 Å². The van der Waals surface area contributed by atoms with Gasteiger partial charge >= 0.3 is 7.12 Å². The summed E-state index contributed by atoms with van der Waals surface area (Å²) in [5.74, 6) is 0. The molecule has 1 aliphatic rings. The summed E-state index contributed by atoms with van der Waals surface area (Å²) in [6.45, 7) is 10.4. The molecule has 0 atom stereocenters. The van der Waals surface area contributed by atoms with E-state index < -0.39 is 0 Å². The van der Waals surface area contributed by atoms with E-state index in [9.17, 15) is 0 Å². The second kappa shape index (κ2) is 8.84. The predicted octanol–water partition coefficient (Wildman–Crippen LogP) is -3.59. The van der Waals surface area contributed by atoms with Crippen molar-refractivity contribution < 1.29 is 52.2 Å². The molecule has 7 heteroatoms. The van der Waals surface area contributed by atoms with Crippen molar-refractivity contribution in [2.45, 2.75) is 52.0 Å². The Bertz CT molecular complexity index is 622. The van der Waals surface area contributed by atoms with Crippen LogP contribution in [-0.4, -0.2) is 69.6 Å². The Morgan fingerprint density at radius 1 is 0.778 bits per heavy atom. The number of hydrogen-bond donors (Lipinski definition) is 0. The summed E-state index contributed by atoms with van der Waals surface area (Å²) in [5.41, 5.74) is 3.21. The van der Waals surface area contributed by atoms with Crippen LogP contribution in [0.4, 0.5) is 0 Å². The highest BCUT2D eigenvalue weighted by atomic mass is 79.9. The molecule has 1 aromatic carbocycles. The van der Waals surface area contributed by atoms with Crippen molar-refractivity contribution in [1.29, 1.82) is 0 Å². The number of nitrogens with zero attached hydrogens (tertiary/aromatic N) is 2. The minimum absolute atomic E-state index is 0. The van der Waals surface area contributed by atoms with E-state index >= 15 is 0 Å². The minimum Gasteiger partial charge on any atom is -1.00 e. The van der Waals surface area contributed by atoms with Gasteiger partial charge in [0.2, 0.25) is 0 Å². The number of benzene rings is 1. The Kier molecular flexibility index (Phi) is 8.87. The Morgan fingerprint density at radius 2 is 1.22 bits per heavy atom. The number of halogens is 2. The van der Waals surface area contributed by atoms with E-state index in [-0.39, 0.29) is 52.3 Å². The Labute approximate surface area is 188 Å². The van der Waals surface area contributed by atoms with Crippen molar-refractivity contribution in [3.8, 4) is 0 Å². The molecular formula is C20H37BBr2N2O2. The van der Waals surface area contributed by atoms with Gasteiger partial charge in [-0.25, -0.2) is 0 Å². The Morgan fingerprint density at radius 3 is 1.63 bits per heavy atom. The van der Waals surface area contributed by atoms with Gasteiger partial charge in [0, 0.05) is 11.1 Å². The summed E-state index contributed by atoms with van der Waals surface area (Å²) < 4.78 is 14.4. The average Bonchev–Trinajstić information content (AvgIpc) is 2.54. The lowest BCUT2D eigenvalue weighted by Crippen LogP contribution is -3.00. The molecule has 1 heterocycles. The van der Waals surface area contributed by atoms with E-state index in [0.717, 1.165) is 27.5 Å². The van der Waals surface area contributed by atoms with Crippen molar-refractivity contribution in [2.24, 2.45) is 0 Å². The fourth-order valence-corrected chi connectivity index (χ4v) is 3.15. The Balaban J connectivity index is 0.00000338. The smallest absolute Gasteiger partial charge is 0.495 e. The van der Waals surface area contributed by atoms with Gasteiger partial charge in [-0.1, -0.05) is 12.1 Å². The van der Waals surface area contributed by atoms with Gasteiger partial charge in [-0.05, 0) is 39.2 Å². The highest BCUT2D eigenvalue weighted by Crippen LogP contribution is 2.36. The first kappa shape index (κ1) is 27.1. The normalized spacial score (nSPS) is 18.7. The molecule has 0 bridgehead atoms. The molecule has 0 radical (unpaired) electrons. The van der Waals surface area contributed by atoms with E-state index in [1.54, 1.807) is 0 Å². The molecule has 2 rings (SSSR count). The van der Waals surface area contributed by atoms with Crippen LogP contribution in [0, 0.1) is 0 Å². The van der Waals surface area contributed by atoms with Crippen molar-refractivity contribution in [1.82, 2.24) is 0 Å². The summed E-state index contributed by atoms with van der Waals surface area (Å²) in [6.07, 6.45) is 0. The Hall–Kier alpha value is 0.0849. The third kappa shape index (κ3) is 7.12. The van der Waals surface area contributed by atoms with Gasteiger partial charge in [0.15, 0.2) is 0 Å². The van der Waals surface area contributed by atoms with Gasteiger partial charge in [-0.2, -0.15) is 0 Å². The van der Waals surface area contributed by atoms with Crippen LogP contribution in [0.2, 0.25) is 0 Å². The largest absolute Gasteiger partial charge is 1.00 e. The maximum absolute atomic E-state index is 6.31. The second-order valence-corrected chi connectivity index (χ2v) is 10.5. The van der Waals surface area contributed by atoms with E-state index in [4.69, 9.17) is 9.31 Å². The third-order valence-electron chi connectivity index (χ3n) is 5.02. The van der Waals surface area contributed by atoms with Crippen molar-refractivity contribution in [3.05, 3.63) is 29.3 Å². The highest BCUT2D eigenvalue weighted by molar-refractivity contribution is 6.62. The summed E-state index contributed by atoms with van der Waals surface area (Å²) in [4.78, 5) is 0. The average molecular weight is 508 g/mol. The lowest BCUT2D eigenvalue weighted by Gasteiger charge is -2.32. The zero-order valence-electron chi connectivity index (χ0n) is 18.7. The molecule has 4 nitrogen and oxygen atoms in total. The summed E-state index contributed by atoms with van der Waals surface area (Å²) in [6, 6.07) is 6.77. The fraction of sp³-hybridized carbons (Fsp3) is 0.700. The van der Waals surface area contributed by atoms with Crippen LogP contribution in [0.5, 0.6) is 0 Å². The fourth-order valence-electron chi connectivity index (χ4n) is 3.15. The second-order valence-electron chi connectivity index (χ2n) is 10.5.